The van der Waals surface area contributed by atoms with Crippen LogP contribution in [0.1, 0.15) is 168 Å². The Labute approximate surface area is 355 Å². The number of carbonyl (C=O) groups is 2. The molecule has 0 spiro atoms. The second-order valence-electron chi connectivity index (χ2n) is 14.4. The molecule has 0 aromatic heterocycles. The largest absolute Gasteiger partial charge is 0.462 e. The number of hydrogen-bond donors (Lipinski definition) is 1. The monoisotopic (exact) mass is 799 g/mol. The van der Waals surface area contributed by atoms with Gasteiger partial charge in [0, 0.05) is 12.8 Å². The van der Waals surface area contributed by atoms with Crippen molar-refractivity contribution in [2.75, 3.05) is 13.2 Å². The zero-order chi connectivity index (χ0) is 42.1. The maximum absolute atomic E-state index is 12.2. The van der Waals surface area contributed by atoms with Crippen molar-refractivity contribution in [2.45, 2.75) is 174 Å². The highest BCUT2D eigenvalue weighted by Crippen LogP contribution is 2.12. The fourth-order valence-electron chi connectivity index (χ4n) is 5.59. The molecule has 1 N–H and O–H groups in total. The van der Waals surface area contributed by atoms with E-state index in [0.717, 1.165) is 103 Å². The second kappa shape index (κ2) is 47.4. The molecule has 0 heterocycles. The topological polar surface area (TPSA) is 72.8 Å². The van der Waals surface area contributed by atoms with Gasteiger partial charge in [-0.2, -0.15) is 0 Å². The SMILES string of the molecule is CC/C=C\C/C=C\C/C=C\C/C=C\C/C=C\C/C=C\C/C=C\CCCC(=O)OC(CO)COC(=O)CCCCCCCCCC/C=C\C/C=C\C/C=C\C/C=C\CC. The molecule has 0 fully saturated rings. The minimum atomic E-state index is -0.817. The molecule has 0 bridgehead atoms. The molecule has 324 valence electrons. The van der Waals surface area contributed by atoms with Crippen LogP contribution in [-0.4, -0.2) is 36.4 Å². The number of ether oxygens (including phenoxy) is 2. The lowest BCUT2D eigenvalue weighted by molar-refractivity contribution is -0.161. The number of esters is 2. The third-order valence-electron chi connectivity index (χ3n) is 8.94. The standard InChI is InChI=1S/C53H82O5/c1-3-5-7-9-11-13-15-17-19-21-23-25-26-28-30-32-34-36-38-40-42-44-46-48-53(56)58-51(49-54)50-57-52(55)47-45-43-41-39-37-35-33-31-29-27-24-22-20-18-16-14-12-10-8-6-4-2/h5-8,11-14,17-20,23-25,27-28,30,34,36,40,42,51,54H,3-4,9-10,15-16,21-22,26,29,31-33,35,37-39,41,43-50H2,1-2H3/b7-5-,8-6-,13-11-,14-12-,19-17-,20-18-,25-23-,27-24-,30-28-,36-34-,42-40-. The van der Waals surface area contributed by atoms with Gasteiger partial charge in [-0.05, 0) is 103 Å². The van der Waals surface area contributed by atoms with E-state index >= 15 is 0 Å². The molecule has 0 aromatic rings. The normalized spacial score (nSPS) is 13.5. The number of hydrogen-bond acceptors (Lipinski definition) is 5. The molecular weight excluding hydrogens is 717 g/mol. The Bertz CT molecular complexity index is 1270. The molecule has 5 nitrogen and oxygen atoms in total. The van der Waals surface area contributed by atoms with Crippen molar-refractivity contribution in [3.63, 3.8) is 0 Å². The molecule has 0 saturated carbocycles. The van der Waals surface area contributed by atoms with Crippen LogP contribution in [0.4, 0.5) is 0 Å². The van der Waals surface area contributed by atoms with Crippen molar-refractivity contribution < 1.29 is 24.2 Å². The molecule has 0 aliphatic heterocycles. The van der Waals surface area contributed by atoms with Crippen LogP contribution in [-0.2, 0) is 19.1 Å². The molecule has 0 saturated heterocycles. The highest BCUT2D eigenvalue weighted by atomic mass is 16.6. The molecule has 0 radical (unpaired) electrons. The molecule has 58 heavy (non-hydrogen) atoms. The van der Waals surface area contributed by atoms with E-state index in [4.69, 9.17) is 9.47 Å². The van der Waals surface area contributed by atoms with Gasteiger partial charge >= 0.3 is 11.9 Å². The number of aliphatic hydroxyl groups is 1. The zero-order valence-corrected chi connectivity index (χ0v) is 36.7. The van der Waals surface area contributed by atoms with Gasteiger partial charge in [0.25, 0.3) is 0 Å². The molecule has 1 unspecified atom stereocenters. The second-order valence-corrected chi connectivity index (χ2v) is 14.4. The maximum Gasteiger partial charge on any atom is 0.306 e. The van der Waals surface area contributed by atoms with Crippen molar-refractivity contribution in [1.82, 2.24) is 0 Å². The molecule has 0 aliphatic rings. The van der Waals surface area contributed by atoms with E-state index in [9.17, 15) is 14.7 Å². The molecular formula is C53H82O5. The third kappa shape index (κ3) is 44.8. The van der Waals surface area contributed by atoms with Crippen LogP contribution in [0.2, 0.25) is 0 Å². The number of rotatable bonds is 39. The highest BCUT2D eigenvalue weighted by molar-refractivity contribution is 5.70. The first-order chi connectivity index (χ1) is 28.6. The van der Waals surface area contributed by atoms with Gasteiger partial charge in [0.1, 0.15) is 6.61 Å². The van der Waals surface area contributed by atoms with Crippen LogP contribution < -0.4 is 0 Å². The van der Waals surface area contributed by atoms with Gasteiger partial charge < -0.3 is 14.6 Å². The Morgan fingerprint density at radius 3 is 1.09 bits per heavy atom. The van der Waals surface area contributed by atoms with Gasteiger partial charge in [-0.1, -0.05) is 186 Å². The summed E-state index contributed by atoms with van der Waals surface area (Å²) in [5, 5.41) is 9.59. The van der Waals surface area contributed by atoms with E-state index in [0.29, 0.717) is 12.8 Å². The first-order valence-electron chi connectivity index (χ1n) is 22.7. The van der Waals surface area contributed by atoms with Crippen LogP contribution in [0.15, 0.2) is 134 Å². The van der Waals surface area contributed by atoms with Gasteiger partial charge in [0.2, 0.25) is 0 Å². The molecule has 0 amide bonds. The summed E-state index contributed by atoms with van der Waals surface area (Å²) in [6, 6.07) is 0. The van der Waals surface area contributed by atoms with Crippen LogP contribution in [0.5, 0.6) is 0 Å². The Balaban J connectivity index is 3.71. The predicted molar refractivity (Wildman–Crippen MR) is 251 cm³/mol. The summed E-state index contributed by atoms with van der Waals surface area (Å²) in [5.74, 6) is -0.683. The quantitative estimate of drug-likeness (QED) is 0.0381. The summed E-state index contributed by atoms with van der Waals surface area (Å²) in [6.07, 6.45) is 71.0. The minimum Gasteiger partial charge on any atom is -0.462 e. The fourth-order valence-corrected chi connectivity index (χ4v) is 5.59. The van der Waals surface area contributed by atoms with Crippen molar-refractivity contribution in [3.05, 3.63) is 134 Å². The summed E-state index contributed by atoms with van der Waals surface area (Å²) in [4.78, 5) is 24.4. The van der Waals surface area contributed by atoms with E-state index in [-0.39, 0.29) is 31.6 Å². The number of aliphatic hydroxyl groups excluding tert-OH is 1. The number of allylic oxidation sites excluding steroid dienone is 22. The lowest BCUT2D eigenvalue weighted by Crippen LogP contribution is -2.28. The van der Waals surface area contributed by atoms with E-state index in [2.05, 4.69) is 148 Å². The molecule has 5 heteroatoms. The smallest absolute Gasteiger partial charge is 0.306 e. The first-order valence-corrected chi connectivity index (χ1v) is 22.7. The number of carbonyl (C=O) groups excluding carboxylic acids is 2. The summed E-state index contributed by atoms with van der Waals surface area (Å²) in [6.45, 7) is 3.84. The van der Waals surface area contributed by atoms with Gasteiger partial charge in [-0.25, -0.2) is 0 Å². The Morgan fingerprint density at radius 1 is 0.397 bits per heavy atom. The van der Waals surface area contributed by atoms with Gasteiger partial charge in [0.15, 0.2) is 6.10 Å². The Hall–Kier alpha value is -3.96. The lowest BCUT2D eigenvalue weighted by Gasteiger charge is -2.15. The van der Waals surface area contributed by atoms with Gasteiger partial charge in [0.05, 0.1) is 6.61 Å². The minimum absolute atomic E-state index is 0.103. The highest BCUT2D eigenvalue weighted by Gasteiger charge is 2.15. The van der Waals surface area contributed by atoms with Crippen molar-refractivity contribution in [1.29, 1.82) is 0 Å². The molecule has 1 atom stereocenters. The summed E-state index contributed by atoms with van der Waals surface area (Å²) < 4.78 is 10.6. The average Bonchev–Trinajstić information content (AvgIpc) is 3.23. The van der Waals surface area contributed by atoms with Crippen LogP contribution >= 0.6 is 0 Å². The fraction of sp³-hybridized carbons (Fsp3) is 0.547. The molecule has 0 aliphatic carbocycles. The van der Waals surface area contributed by atoms with Crippen molar-refractivity contribution in [2.24, 2.45) is 0 Å². The lowest BCUT2D eigenvalue weighted by atomic mass is 10.1. The zero-order valence-electron chi connectivity index (χ0n) is 36.7. The third-order valence-corrected chi connectivity index (χ3v) is 8.94. The van der Waals surface area contributed by atoms with E-state index in [1.54, 1.807) is 0 Å². The van der Waals surface area contributed by atoms with Crippen LogP contribution in [0.25, 0.3) is 0 Å². The summed E-state index contributed by atoms with van der Waals surface area (Å²) >= 11 is 0. The van der Waals surface area contributed by atoms with Crippen LogP contribution in [0.3, 0.4) is 0 Å². The van der Waals surface area contributed by atoms with E-state index < -0.39 is 6.10 Å². The van der Waals surface area contributed by atoms with E-state index in [1.165, 1.54) is 32.1 Å². The molecule has 0 aromatic carbocycles. The van der Waals surface area contributed by atoms with Gasteiger partial charge in [-0.15, -0.1) is 0 Å². The first kappa shape index (κ1) is 54.0. The maximum atomic E-state index is 12.2. The van der Waals surface area contributed by atoms with Crippen LogP contribution in [0, 0.1) is 0 Å². The number of unbranched alkanes of at least 4 members (excludes halogenated alkanes) is 9. The Kier molecular flexibility index (Phi) is 44.2. The summed E-state index contributed by atoms with van der Waals surface area (Å²) in [5.41, 5.74) is 0. The van der Waals surface area contributed by atoms with E-state index in [1.807, 2.05) is 0 Å². The Morgan fingerprint density at radius 2 is 0.707 bits per heavy atom. The van der Waals surface area contributed by atoms with Gasteiger partial charge in [-0.3, -0.25) is 9.59 Å². The average molecular weight is 799 g/mol. The van der Waals surface area contributed by atoms with Crippen molar-refractivity contribution >= 4 is 11.9 Å². The van der Waals surface area contributed by atoms with Crippen molar-refractivity contribution in [3.8, 4) is 0 Å². The predicted octanol–water partition coefficient (Wildman–Crippen LogP) is 15.0. The molecule has 0 rings (SSSR count). The summed E-state index contributed by atoms with van der Waals surface area (Å²) in [7, 11) is 0.